The first kappa shape index (κ1) is 13.4. The molecule has 90 valence electrons. The highest BCUT2D eigenvalue weighted by Gasteiger charge is 2.16. The van der Waals surface area contributed by atoms with Gasteiger partial charge in [-0.3, -0.25) is 4.79 Å². The fourth-order valence-electron chi connectivity index (χ4n) is 1.48. The van der Waals surface area contributed by atoms with Crippen LogP contribution in [-0.4, -0.2) is 19.7 Å². The van der Waals surface area contributed by atoms with Crippen LogP contribution < -0.4 is 4.74 Å². The normalized spacial score (nSPS) is 9.53. The van der Waals surface area contributed by atoms with Gasteiger partial charge in [-0.15, -0.1) is 12.6 Å². The van der Waals surface area contributed by atoms with Crippen molar-refractivity contribution in [1.29, 1.82) is 5.26 Å². The molecule has 4 nitrogen and oxygen atoms in total. The van der Waals surface area contributed by atoms with Crippen LogP contribution in [0.5, 0.6) is 5.75 Å². The first-order valence-electron chi connectivity index (χ1n) is 5.08. The van der Waals surface area contributed by atoms with Crippen LogP contribution in [0.2, 0.25) is 0 Å². The number of esters is 1. The van der Waals surface area contributed by atoms with Gasteiger partial charge >= 0.3 is 5.97 Å². The number of ether oxygens (including phenoxy) is 2. The van der Waals surface area contributed by atoms with Gasteiger partial charge in [0.05, 0.1) is 31.8 Å². The van der Waals surface area contributed by atoms with Crippen molar-refractivity contribution in [2.45, 2.75) is 18.2 Å². The molecule has 1 rings (SSSR count). The summed E-state index contributed by atoms with van der Waals surface area (Å²) in [6.07, 6.45) is 0.00824. The molecule has 0 unspecified atom stereocenters. The first-order chi connectivity index (χ1) is 8.13. The minimum absolute atomic E-state index is 0.00824. The fourth-order valence-corrected chi connectivity index (χ4v) is 1.78. The van der Waals surface area contributed by atoms with E-state index in [2.05, 4.69) is 12.6 Å². The number of hydrogen-bond donors (Lipinski definition) is 1. The van der Waals surface area contributed by atoms with Crippen LogP contribution in [0.4, 0.5) is 0 Å². The number of rotatable bonds is 4. The van der Waals surface area contributed by atoms with E-state index in [0.717, 1.165) is 0 Å². The van der Waals surface area contributed by atoms with E-state index in [1.54, 1.807) is 19.1 Å². The minimum Gasteiger partial charge on any atom is -0.495 e. The maximum absolute atomic E-state index is 11.4. The molecule has 0 saturated heterocycles. The van der Waals surface area contributed by atoms with Crippen LogP contribution in [0, 0.1) is 11.3 Å². The number of carbonyl (C=O) groups excluding carboxylic acids is 1. The molecule has 0 N–H and O–H groups in total. The Hall–Kier alpha value is -1.67. The lowest BCUT2D eigenvalue weighted by atomic mass is 10.0. The Labute approximate surface area is 106 Å². The molecule has 0 bridgehead atoms. The molecule has 0 aromatic heterocycles. The number of nitrogens with zero attached hydrogens (tertiary/aromatic N) is 1. The molecule has 0 radical (unpaired) electrons. The second kappa shape index (κ2) is 6.16. The fraction of sp³-hybridized carbons (Fsp3) is 0.333. The average molecular weight is 251 g/mol. The van der Waals surface area contributed by atoms with Gasteiger partial charge < -0.3 is 9.47 Å². The van der Waals surface area contributed by atoms with E-state index >= 15 is 0 Å². The summed E-state index contributed by atoms with van der Waals surface area (Å²) in [4.78, 5) is 12.0. The van der Waals surface area contributed by atoms with Gasteiger partial charge in [0.25, 0.3) is 0 Å². The van der Waals surface area contributed by atoms with Crippen molar-refractivity contribution in [3.63, 3.8) is 0 Å². The van der Waals surface area contributed by atoms with Crippen molar-refractivity contribution < 1.29 is 14.3 Å². The Bertz CT molecular complexity index is 466. The van der Waals surface area contributed by atoms with Gasteiger partial charge in [0.15, 0.2) is 0 Å². The summed E-state index contributed by atoms with van der Waals surface area (Å²) < 4.78 is 10.0. The minimum atomic E-state index is -0.388. The van der Waals surface area contributed by atoms with Crippen molar-refractivity contribution in [2.24, 2.45) is 0 Å². The molecule has 0 aliphatic carbocycles. The molecule has 5 heteroatoms. The standard InChI is InChI=1S/C12H13NO3S/c1-3-16-11(14)6-9-8(7-13)4-5-10(17)12(9)15-2/h4-5,17H,3,6H2,1-2H3. The summed E-state index contributed by atoms with van der Waals surface area (Å²) in [5, 5.41) is 8.99. The zero-order valence-corrected chi connectivity index (χ0v) is 10.6. The first-order valence-corrected chi connectivity index (χ1v) is 5.53. The summed E-state index contributed by atoms with van der Waals surface area (Å²) in [6, 6.07) is 5.30. The lowest BCUT2D eigenvalue weighted by molar-refractivity contribution is -0.142. The molecule has 0 atom stereocenters. The molecular formula is C12H13NO3S. The van der Waals surface area contributed by atoms with Gasteiger partial charge in [0.1, 0.15) is 5.75 Å². The molecule has 0 amide bonds. The molecule has 0 fully saturated rings. The summed E-state index contributed by atoms with van der Waals surface area (Å²) in [5.41, 5.74) is 0.911. The number of methoxy groups -OCH3 is 1. The Kier molecular flexibility index (Phi) is 4.85. The van der Waals surface area contributed by atoms with Gasteiger partial charge in [-0.25, -0.2) is 0 Å². The quantitative estimate of drug-likeness (QED) is 0.656. The van der Waals surface area contributed by atoms with Crippen LogP contribution in [0.1, 0.15) is 18.1 Å². The van der Waals surface area contributed by atoms with Crippen molar-refractivity contribution in [3.05, 3.63) is 23.3 Å². The van der Waals surface area contributed by atoms with Crippen molar-refractivity contribution in [1.82, 2.24) is 0 Å². The van der Waals surface area contributed by atoms with Crippen LogP contribution in [0.3, 0.4) is 0 Å². The molecule has 17 heavy (non-hydrogen) atoms. The predicted molar refractivity (Wildman–Crippen MR) is 65.3 cm³/mol. The summed E-state index contributed by atoms with van der Waals surface area (Å²) in [6.45, 7) is 2.04. The molecule has 0 aliphatic heterocycles. The Balaban J connectivity index is 3.15. The lowest BCUT2D eigenvalue weighted by Crippen LogP contribution is -2.10. The summed E-state index contributed by atoms with van der Waals surface area (Å²) >= 11 is 4.22. The largest absolute Gasteiger partial charge is 0.495 e. The summed E-state index contributed by atoms with van der Waals surface area (Å²) in [7, 11) is 1.48. The van der Waals surface area contributed by atoms with E-state index in [1.165, 1.54) is 7.11 Å². The SMILES string of the molecule is CCOC(=O)Cc1c(C#N)ccc(S)c1OC. The van der Waals surface area contributed by atoms with E-state index in [-0.39, 0.29) is 12.4 Å². The third-order valence-electron chi connectivity index (χ3n) is 2.19. The number of nitriles is 1. The van der Waals surface area contributed by atoms with E-state index < -0.39 is 0 Å². The molecule has 1 aromatic carbocycles. The van der Waals surface area contributed by atoms with Gasteiger partial charge in [-0.2, -0.15) is 5.26 Å². The van der Waals surface area contributed by atoms with E-state index in [0.29, 0.717) is 28.4 Å². The maximum Gasteiger partial charge on any atom is 0.310 e. The average Bonchev–Trinajstić information content (AvgIpc) is 2.30. The highest BCUT2D eigenvalue weighted by molar-refractivity contribution is 7.80. The number of benzene rings is 1. The molecule has 1 aromatic rings. The number of carbonyl (C=O) groups is 1. The van der Waals surface area contributed by atoms with E-state index in [9.17, 15) is 4.79 Å². The highest BCUT2D eigenvalue weighted by atomic mass is 32.1. The summed E-state index contributed by atoms with van der Waals surface area (Å²) in [5.74, 6) is 0.0571. The number of hydrogen-bond acceptors (Lipinski definition) is 5. The highest BCUT2D eigenvalue weighted by Crippen LogP contribution is 2.30. The monoisotopic (exact) mass is 251 g/mol. The van der Waals surface area contributed by atoms with Crippen molar-refractivity contribution >= 4 is 18.6 Å². The predicted octanol–water partition coefficient (Wildman–Crippen LogP) is 1.96. The van der Waals surface area contributed by atoms with Gasteiger partial charge in [0.2, 0.25) is 0 Å². The van der Waals surface area contributed by atoms with Gasteiger partial charge in [0, 0.05) is 10.5 Å². The zero-order valence-electron chi connectivity index (χ0n) is 9.69. The second-order valence-corrected chi connectivity index (χ2v) is 3.72. The third-order valence-corrected chi connectivity index (χ3v) is 2.54. The second-order valence-electron chi connectivity index (χ2n) is 3.24. The zero-order chi connectivity index (χ0) is 12.8. The van der Waals surface area contributed by atoms with Crippen LogP contribution >= 0.6 is 12.6 Å². The molecular weight excluding hydrogens is 238 g/mol. The smallest absolute Gasteiger partial charge is 0.310 e. The van der Waals surface area contributed by atoms with Gasteiger partial charge in [-0.05, 0) is 19.1 Å². The number of thiol groups is 1. The van der Waals surface area contributed by atoms with Crippen LogP contribution in [0.25, 0.3) is 0 Å². The third kappa shape index (κ3) is 3.14. The Morgan fingerprint density at radius 3 is 2.76 bits per heavy atom. The maximum atomic E-state index is 11.4. The lowest BCUT2D eigenvalue weighted by Gasteiger charge is -2.11. The Morgan fingerprint density at radius 2 is 2.24 bits per heavy atom. The van der Waals surface area contributed by atoms with E-state index in [4.69, 9.17) is 14.7 Å². The molecule has 0 aliphatic rings. The van der Waals surface area contributed by atoms with Crippen molar-refractivity contribution in [2.75, 3.05) is 13.7 Å². The van der Waals surface area contributed by atoms with Crippen LogP contribution in [-0.2, 0) is 16.0 Å². The molecule has 0 heterocycles. The Morgan fingerprint density at radius 1 is 1.53 bits per heavy atom. The van der Waals surface area contributed by atoms with Gasteiger partial charge in [-0.1, -0.05) is 0 Å². The van der Waals surface area contributed by atoms with Crippen LogP contribution in [0.15, 0.2) is 17.0 Å². The van der Waals surface area contributed by atoms with Crippen molar-refractivity contribution in [3.8, 4) is 11.8 Å². The van der Waals surface area contributed by atoms with E-state index in [1.807, 2.05) is 6.07 Å². The topological polar surface area (TPSA) is 59.3 Å². The molecule has 0 spiro atoms. The molecule has 0 saturated carbocycles.